The van der Waals surface area contributed by atoms with Gasteiger partial charge in [-0.3, -0.25) is 9.59 Å². The molecule has 4 fully saturated rings. The van der Waals surface area contributed by atoms with Crippen molar-refractivity contribution in [3.8, 4) is 5.75 Å². The SMILES string of the molecule is COO/C=C/c1ccc(C2(OC)OOC23C(C)CC2CC(C)CC3C2)c(Cl)c1OCc1ccc(C2=C(C=O)N3C(=O)[C@H]([C@@H](C)OC)[C@@]3(C)[C@H]2C)cc1. The molecule has 10 nitrogen and oxygen atoms in total. The van der Waals surface area contributed by atoms with E-state index in [4.69, 9.17) is 45.4 Å². The number of allylic oxidation sites excluding steroid dienone is 1. The van der Waals surface area contributed by atoms with E-state index in [9.17, 15) is 9.59 Å². The molecule has 2 aromatic rings. The van der Waals surface area contributed by atoms with Gasteiger partial charge in [-0.15, -0.1) is 0 Å². The van der Waals surface area contributed by atoms with E-state index in [0.29, 0.717) is 39.4 Å². The Kier molecular flexibility index (Phi) is 9.89. The van der Waals surface area contributed by atoms with Crippen LogP contribution in [0.2, 0.25) is 5.02 Å². The number of methoxy groups -OCH3 is 2. The maximum atomic E-state index is 13.2. The van der Waals surface area contributed by atoms with Gasteiger partial charge in [-0.2, -0.15) is 9.78 Å². The summed E-state index contributed by atoms with van der Waals surface area (Å²) in [6.45, 7) is 10.8. The molecule has 2 saturated heterocycles. The van der Waals surface area contributed by atoms with Gasteiger partial charge in [0.1, 0.15) is 18.6 Å². The number of amides is 1. The van der Waals surface area contributed by atoms with Gasteiger partial charge in [0, 0.05) is 31.3 Å². The van der Waals surface area contributed by atoms with Crippen molar-refractivity contribution >= 4 is 35.4 Å². The smallest absolute Gasteiger partial charge is 0.262 e. The van der Waals surface area contributed by atoms with Gasteiger partial charge >= 0.3 is 0 Å². The van der Waals surface area contributed by atoms with Gasteiger partial charge in [0.2, 0.25) is 5.91 Å². The van der Waals surface area contributed by atoms with Gasteiger partial charge in [-0.05, 0) is 86.0 Å². The number of rotatable bonds is 12. The molecule has 2 aliphatic carbocycles. The lowest BCUT2D eigenvalue weighted by Gasteiger charge is -2.65. The first-order chi connectivity index (χ1) is 24.9. The lowest BCUT2D eigenvalue weighted by molar-refractivity contribution is -0.641. The van der Waals surface area contributed by atoms with Crippen LogP contribution in [0.15, 0.2) is 48.4 Å². The Morgan fingerprint density at radius 3 is 2.40 bits per heavy atom. The summed E-state index contributed by atoms with van der Waals surface area (Å²) in [6.07, 6.45) is 8.05. The quantitative estimate of drug-likeness (QED) is 0.0709. The summed E-state index contributed by atoms with van der Waals surface area (Å²) in [5, 5.41) is 0.363. The van der Waals surface area contributed by atoms with Crippen LogP contribution in [0.5, 0.6) is 5.75 Å². The first kappa shape index (κ1) is 37.1. The second-order valence-corrected chi connectivity index (χ2v) is 16.0. The number of fused-ring (bicyclic) bond motifs is 4. The van der Waals surface area contributed by atoms with Gasteiger partial charge in [0.05, 0.1) is 35.4 Å². The molecule has 52 heavy (non-hydrogen) atoms. The molecular formula is C41H50ClNO9. The third-order valence-electron chi connectivity index (χ3n) is 13.1. The molecule has 6 unspecified atom stereocenters. The standard InChI is InChI=1S/C41H50ClNO9/c1-23-17-28-19-24(2)40(31(18-23)20-28)41(47-7,52-51-40)32-14-13-30(15-16-50-48-8)37(36(32)42)49-22-27-9-11-29(12-10-27)34-25(3)39(5)35(26(4)46-6)38(45)43(39)33(34)21-44/h9-16,21,23-26,28,31,35H,17-20,22H2,1-8H3/b16-15+/t23?,24?,25-,26+,28?,31?,35-,39+,40?,41?/m0/s1. The third-order valence-corrected chi connectivity index (χ3v) is 13.4. The van der Waals surface area contributed by atoms with Gasteiger partial charge in [0.15, 0.2) is 11.9 Å². The Morgan fingerprint density at radius 1 is 1.02 bits per heavy atom. The second kappa shape index (κ2) is 13.9. The molecule has 0 radical (unpaired) electrons. The van der Waals surface area contributed by atoms with Crippen molar-refractivity contribution < 1.29 is 43.3 Å². The minimum atomic E-state index is -1.21. The van der Waals surface area contributed by atoms with Crippen LogP contribution in [0.1, 0.15) is 82.6 Å². The Bertz CT molecular complexity index is 1770. The largest absolute Gasteiger partial charge is 0.487 e. The average Bonchev–Trinajstić information content (AvgIpc) is 3.31. The van der Waals surface area contributed by atoms with E-state index >= 15 is 0 Å². The van der Waals surface area contributed by atoms with Crippen LogP contribution in [0.25, 0.3) is 11.6 Å². The molecule has 11 heteroatoms. The van der Waals surface area contributed by atoms with E-state index in [1.807, 2.05) is 50.2 Å². The highest BCUT2D eigenvalue weighted by Gasteiger charge is 2.74. The molecule has 3 aliphatic heterocycles. The van der Waals surface area contributed by atoms with E-state index in [2.05, 4.69) is 20.8 Å². The molecule has 0 N–H and O–H groups in total. The van der Waals surface area contributed by atoms with Crippen LogP contribution in [-0.2, 0) is 51.0 Å². The number of halogens is 1. The Morgan fingerprint density at radius 2 is 1.77 bits per heavy atom. The fourth-order valence-corrected chi connectivity index (χ4v) is 10.9. The summed E-state index contributed by atoms with van der Waals surface area (Å²) in [7, 11) is 4.69. The zero-order valence-electron chi connectivity index (χ0n) is 31.3. The van der Waals surface area contributed by atoms with Crippen molar-refractivity contribution in [1.82, 2.24) is 4.90 Å². The summed E-state index contributed by atoms with van der Waals surface area (Å²) in [5.74, 6) is 0.422. The summed E-state index contributed by atoms with van der Waals surface area (Å²) < 4.78 is 18.4. The normalized spacial score (nSPS) is 35.7. The number of ether oxygens (including phenoxy) is 3. The first-order valence-electron chi connectivity index (χ1n) is 18.3. The highest BCUT2D eigenvalue weighted by molar-refractivity contribution is 6.33. The van der Waals surface area contributed by atoms with Crippen LogP contribution >= 0.6 is 11.6 Å². The number of carbonyl (C=O) groups excluding carboxylic acids is 2. The maximum absolute atomic E-state index is 13.2. The fraction of sp³-hybridized carbons (Fsp3) is 0.561. The average molecular weight is 736 g/mol. The summed E-state index contributed by atoms with van der Waals surface area (Å²) in [5.41, 5.74) is 3.12. The molecular weight excluding hydrogens is 686 g/mol. The van der Waals surface area contributed by atoms with Crippen molar-refractivity contribution in [1.29, 1.82) is 0 Å². The highest BCUT2D eigenvalue weighted by Crippen LogP contribution is 2.66. The minimum Gasteiger partial charge on any atom is -0.487 e. The predicted molar refractivity (Wildman–Crippen MR) is 194 cm³/mol. The van der Waals surface area contributed by atoms with E-state index in [0.717, 1.165) is 42.2 Å². The zero-order chi connectivity index (χ0) is 37.2. The van der Waals surface area contributed by atoms with Crippen molar-refractivity contribution in [2.24, 2.45) is 35.5 Å². The van der Waals surface area contributed by atoms with Gasteiger partial charge in [0.25, 0.3) is 5.79 Å². The molecule has 280 valence electrons. The van der Waals surface area contributed by atoms with Crippen LogP contribution in [-0.4, -0.2) is 55.7 Å². The topological polar surface area (TPSA) is 102 Å². The van der Waals surface area contributed by atoms with Crippen molar-refractivity contribution in [3.63, 3.8) is 0 Å². The molecule has 2 aromatic carbocycles. The van der Waals surface area contributed by atoms with E-state index < -0.39 is 16.9 Å². The Balaban J connectivity index is 1.18. The predicted octanol–water partition coefficient (Wildman–Crippen LogP) is 7.87. The van der Waals surface area contributed by atoms with E-state index in [1.54, 1.807) is 25.2 Å². The second-order valence-electron chi connectivity index (χ2n) is 15.6. The first-order valence-corrected chi connectivity index (χ1v) is 18.7. The molecule has 1 spiro atoms. The lowest BCUT2D eigenvalue weighted by atomic mass is 9.54. The fourth-order valence-electron chi connectivity index (χ4n) is 10.6. The summed E-state index contributed by atoms with van der Waals surface area (Å²) in [4.78, 5) is 49.4. The van der Waals surface area contributed by atoms with Gasteiger partial charge < -0.3 is 24.0 Å². The lowest BCUT2D eigenvalue weighted by Crippen LogP contribution is -2.74. The number of aldehydes is 1. The maximum Gasteiger partial charge on any atom is 0.262 e. The number of β-lactam (4-membered cyclic amide) rings is 1. The summed E-state index contributed by atoms with van der Waals surface area (Å²) in [6, 6.07) is 11.7. The van der Waals surface area contributed by atoms with Crippen molar-refractivity contribution in [2.45, 2.75) is 89.9 Å². The third kappa shape index (κ3) is 5.23. The molecule has 3 heterocycles. The van der Waals surface area contributed by atoms with Gasteiger partial charge in [-0.25, -0.2) is 4.89 Å². The van der Waals surface area contributed by atoms with E-state index in [-0.39, 0.29) is 42.3 Å². The molecule has 2 saturated carbocycles. The zero-order valence-corrected chi connectivity index (χ0v) is 32.0. The van der Waals surface area contributed by atoms with Crippen molar-refractivity contribution in [2.75, 3.05) is 21.3 Å². The minimum absolute atomic E-state index is 0.0796. The highest BCUT2D eigenvalue weighted by atomic mass is 35.5. The number of hydrogen-bond acceptors (Lipinski definition) is 9. The number of nitrogens with zero attached hydrogens (tertiary/aromatic N) is 1. The van der Waals surface area contributed by atoms with Crippen LogP contribution < -0.4 is 4.74 Å². The molecule has 2 bridgehead atoms. The number of benzene rings is 2. The Hall–Kier alpha value is -3.25. The molecule has 7 rings (SSSR count). The summed E-state index contributed by atoms with van der Waals surface area (Å²) >= 11 is 7.32. The van der Waals surface area contributed by atoms with Crippen LogP contribution in [0.3, 0.4) is 0 Å². The van der Waals surface area contributed by atoms with Crippen LogP contribution in [0, 0.1) is 35.5 Å². The molecule has 1 amide bonds. The number of carbonyl (C=O) groups is 2. The molecule has 0 aromatic heterocycles. The monoisotopic (exact) mass is 735 g/mol. The Labute approximate surface area is 311 Å². The molecule has 5 aliphatic rings. The van der Waals surface area contributed by atoms with E-state index in [1.165, 1.54) is 19.8 Å². The number of hydrogen-bond donors (Lipinski definition) is 0. The molecule has 10 atom stereocenters. The van der Waals surface area contributed by atoms with Gasteiger partial charge in [-0.1, -0.05) is 68.8 Å². The van der Waals surface area contributed by atoms with Crippen molar-refractivity contribution in [3.05, 3.63) is 75.6 Å². The van der Waals surface area contributed by atoms with Crippen LogP contribution in [0.4, 0.5) is 0 Å².